The van der Waals surface area contributed by atoms with E-state index in [1.165, 1.54) is 7.11 Å². The van der Waals surface area contributed by atoms with Crippen molar-refractivity contribution < 1.29 is 34.1 Å². The van der Waals surface area contributed by atoms with Crippen molar-refractivity contribution in [2.45, 2.75) is 102 Å². The number of carbonyl (C=O) groups excluding carboxylic acids is 3. The van der Waals surface area contributed by atoms with Crippen molar-refractivity contribution >= 4 is 18.1 Å². The highest BCUT2D eigenvalue weighted by Crippen LogP contribution is 2.51. The Hall–Kier alpha value is -2.91. The minimum atomic E-state index is -1.11. The maximum atomic E-state index is 13.6. The van der Waals surface area contributed by atoms with Crippen LogP contribution < -0.4 is 14.8 Å². The average Bonchev–Trinajstić information content (AvgIpc) is 3.36. The van der Waals surface area contributed by atoms with Gasteiger partial charge in [0.1, 0.15) is 18.5 Å². The van der Waals surface area contributed by atoms with Crippen molar-refractivity contribution in [2.75, 3.05) is 26.8 Å². The van der Waals surface area contributed by atoms with Gasteiger partial charge in [0.15, 0.2) is 11.5 Å². The molecule has 0 bridgehead atoms. The SMILES string of the molecule is CCCCCCCC(=O)N(CCCCCC)[C@@H]1C=C(C(=O)NCCO)[C@@H]2c3cc(C=O)cc(OC)c3O[C@@H]2[C@H]1O. The third-order valence-electron chi connectivity index (χ3n) is 7.84. The van der Waals surface area contributed by atoms with E-state index < -0.39 is 30.1 Å². The van der Waals surface area contributed by atoms with Crippen LogP contribution in [-0.4, -0.2) is 78.3 Å². The second kappa shape index (κ2) is 15.8. The first-order chi connectivity index (χ1) is 19.4. The number of methoxy groups -OCH3 is 1. The quantitative estimate of drug-likeness (QED) is 0.196. The minimum absolute atomic E-state index is 0.0433. The number of hydrogen-bond acceptors (Lipinski definition) is 7. The number of carbonyl (C=O) groups is 3. The van der Waals surface area contributed by atoms with Crippen LogP contribution in [0.5, 0.6) is 11.5 Å². The summed E-state index contributed by atoms with van der Waals surface area (Å²) in [6.45, 7) is 4.59. The molecule has 2 aliphatic rings. The molecule has 0 aromatic heterocycles. The minimum Gasteiger partial charge on any atom is -0.493 e. The van der Waals surface area contributed by atoms with Crippen LogP contribution in [0.15, 0.2) is 23.8 Å². The van der Waals surface area contributed by atoms with E-state index in [0.717, 1.165) is 57.8 Å². The molecule has 1 aliphatic carbocycles. The number of fused-ring (bicyclic) bond motifs is 3. The summed E-state index contributed by atoms with van der Waals surface area (Å²) >= 11 is 0. The molecule has 9 heteroatoms. The summed E-state index contributed by atoms with van der Waals surface area (Å²) in [4.78, 5) is 40.4. The number of benzene rings is 1. The molecular formula is C31H46N2O7. The number of nitrogens with zero attached hydrogens (tertiary/aromatic N) is 1. The second-order valence-electron chi connectivity index (χ2n) is 10.7. The zero-order valence-corrected chi connectivity index (χ0v) is 24.2. The van der Waals surface area contributed by atoms with Gasteiger partial charge in [-0.15, -0.1) is 0 Å². The zero-order chi connectivity index (χ0) is 29.1. The van der Waals surface area contributed by atoms with Gasteiger partial charge in [-0.25, -0.2) is 0 Å². The summed E-state index contributed by atoms with van der Waals surface area (Å²) in [5.41, 5.74) is 1.28. The van der Waals surface area contributed by atoms with Gasteiger partial charge in [0, 0.05) is 36.2 Å². The molecule has 4 atom stereocenters. The molecule has 2 amide bonds. The maximum absolute atomic E-state index is 13.6. The van der Waals surface area contributed by atoms with E-state index in [0.29, 0.717) is 47.5 Å². The Labute approximate surface area is 237 Å². The van der Waals surface area contributed by atoms with E-state index >= 15 is 0 Å². The molecule has 0 saturated heterocycles. The fourth-order valence-corrected chi connectivity index (χ4v) is 5.73. The monoisotopic (exact) mass is 558 g/mol. The number of rotatable bonds is 17. The number of hydrogen-bond donors (Lipinski definition) is 3. The number of nitrogens with one attached hydrogen (secondary N) is 1. The third-order valence-corrected chi connectivity index (χ3v) is 7.84. The molecule has 0 fully saturated rings. The molecule has 1 aliphatic heterocycles. The highest BCUT2D eigenvalue weighted by molar-refractivity contribution is 5.96. The van der Waals surface area contributed by atoms with Crippen molar-refractivity contribution in [3.8, 4) is 11.5 Å². The first kappa shape index (κ1) is 31.6. The number of ether oxygens (including phenoxy) is 2. The van der Waals surface area contributed by atoms with Gasteiger partial charge in [-0.2, -0.15) is 0 Å². The van der Waals surface area contributed by atoms with Crippen molar-refractivity contribution in [3.05, 3.63) is 34.9 Å². The van der Waals surface area contributed by atoms with E-state index in [1.54, 1.807) is 23.1 Å². The Balaban J connectivity index is 1.99. The summed E-state index contributed by atoms with van der Waals surface area (Å²) in [7, 11) is 1.47. The first-order valence-corrected chi connectivity index (χ1v) is 14.8. The van der Waals surface area contributed by atoms with E-state index in [4.69, 9.17) is 9.47 Å². The number of aldehydes is 1. The summed E-state index contributed by atoms with van der Waals surface area (Å²) in [6, 6.07) is 2.45. The van der Waals surface area contributed by atoms with Crippen LogP contribution in [0.25, 0.3) is 0 Å². The van der Waals surface area contributed by atoms with Crippen molar-refractivity contribution in [2.24, 2.45) is 0 Å². The lowest BCUT2D eigenvalue weighted by molar-refractivity contribution is -0.137. The van der Waals surface area contributed by atoms with Gasteiger partial charge in [0.25, 0.3) is 0 Å². The van der Waals surface area contributed by atoms with Gasteiger partial charge < -0.3 is 29.9 Å². The van der Waals surface area contributed by atoms with E-state index in [1.807, 2.05) is 0 Å². The van der Waals surface area contributed by atoms with Gasteiger partial charge in [-0.05, 0) is 31.1 Å². The van der Waals surface area contributed by atoms with E-state index in [2.05, 4.69) is 19.2 Å². The predicted molar refractivity (Wildman–Crippen MR) is 153 cm³/mol. The molecule has 3 rings (SSSR count). The molecule has 1 aromatic rings. The van der Waals surface area contributed by atoms with Gasteiger partial charge in [-0.1, -0.05) is 58.8 Å². The Morgan fingerprint density at radius 2 is 1.77 bits per heavy atom. The summed E-state index contributed by atoms with van der Waals surface area (Å²) < 4.78 is 11.7. The lowest BCUT2D eigenvalue weighted by Crippen LogP contribution is -2.56. The molecule has 0 spiro atoms. The van der Waals surface area contributed by atoms with Gasteiger partial charge in [-0.3, -0.25) is 14.4 Å². The molecule has 3 N–H and O–H groups in total. The lowest BCUT2D eigenvalue weighted by Gasteiger charge is -2.41. The molecule has 1 aromatic carbocycles. The van der Waals surface area contributed by atoms with Crippen LogP contribution in [0.2, 0.25) is 0 Å². The number of aliphatic hydroxyl groups excluding tert-OH is 2. The largest absolute Gasteiger partial charge is 0.493 e. The zero-order valence-electron chi connectivity index (χ0n) is 24.2. The molecule has 1 heterocycles. The Morgan fingerprint density at radius 1 is 1.07 bits per heavy atom. The van der Waals surface area contributed by atoms with Crippen molar-refractivity contribution in [1.82, 2.24) is 10.2 Å². The molecular weight excluding hydrogens is 512 g/mol. The molecule has 222 valence electrons. The predicted octanol–water partition coefficient (Wildman–Crippen LogP) is 3.90. The Bertz CT molecular complexity index is 1040. The molecule has 9 nitrogen and oxygen atoms in total. The lowest BCUT2D eigenvalue weighted by atomic mass is 9.77. The standard InChI is InChI=1S/C31H46N2O7/c1-4-6-8-10-11-13-26(36)33(15-12-9-7-5-2)24-19-23(31(38)32-14-16-34)27-22-17-21(20-35)18-25(39-3)29(22)40-30(27)28(24)37/h17-20,24,27-28,30,34,37H,4-16H2,1-3H3,(H,32,38)/t24-,27+,28+,30+/m1/s1. The van der Waals surface area contributed by atoms with Gasteiger partial charge >= 0.3 is 0 Å². The highest BCUT2D eigenvalue weighted by Gasteiger charge is 2.51. The van der Waals surface area contributed by atoms with Crippen LogP contribution in [-0.2, 0) is 9.59 Å². The van der Waals surface area contributed by atoms with Crippen LogP contribution in [0.3, 0.4) is 0 Å². The smallest absolute Gasteiger partial charge is 0.247 e. The van der Waals surface area contributed by atoms with Crippen molar-refractivity contribution in [1.29, 1.82) is 0 Å². The normalized spacial score (nSPS) is 21.1. The fourth-order valence-electron chi connectivity index (χ4n) is 5.73. The number of aliphatic hydroxyl groups is 2. The Kier molecular flexibility index (Phi) is 12.5. The first-order valence-electron chi connectivity index (χ1n) is 14.8. The Morgan fingerprint density at radius 3 is 2.42 bits per heavy atom. The molecule has 0 saturated carbocycles. The van der Waals surface area contributed by atoms with Gasteiger partial charge in [0.05, 0.1) is 25.7 Å². The average molecular weight is 559 g/mol. The number of amides is 2. The molecule has 40 heavy (non-hydrogen) atoms. The maximum Gasteiger partial charge on any atom is 0.247 e. The van der Waals surface area contributed by atoms with E-state index in [9.17, 15) is 24.6 Å². The topological polar surface area (TPSA) is 125 Å². The van der Waals surface area contributed by atoms with Gasteiger partial charge in [0.2, 0.25) is 11.8 Å². The molecule has 0 unspecified atom stereocenters. The van der Waals surface area contributed by atoms with Crippen LogP contribution >= 0.6 is 0 Å². The summed E-state index contributed by atoms with van der Waals surface area (Å²) in [5, 5.41) is 23.7. The van der Waals surface area contributed by atoms with Crippen molar-refractivity contribution in [3.63, 3.8) is 0 Å². The second-order valence-corrected chi connectivity index (χ2v) is 10.7. The number of unbranched alkanes of at least 4 members (excludes halogenated alkanes) is 7. The summed E-state index contributed by atoms with van der Waals surface area (Å²) in [6.07, 6.45) is 9.79. The highest BCUT2D eigenvalue weighted by atomic mass is 16.5. The fraction of sp³-hybridized carbons (Fsp3) is 0.645. The molecule has 0 radical (unpaired) electrons. The van der Waals surface area contributed by atoms with Crippen LogP contribution in [0.4, 0.5) is 0 Å². The third kappa shape index (κ3) is 7.43. The summed E-state index contributed by atoms with van der Waals surface area (Å²) in [5.74, 6) is -0.406. The van der Waals surface area contributed by atoms with Crippen LogP contribution in [0, 0.1) is 0 Å². The van der Waals surface area contributed by atoms with Crippen LogP contribution in [0.1, 0.15) is 99.9 Å². The van der Waals surface area contributed by atoms with E-state index in [-0.39, 0.29) is 19.1 Å².